The molecule has 0 spiro atoms. The number of piperidine rings is 1. The van der Waals surface area contributed by atoms with Crippen LogP contribution in [-0.2, 0) is 6.42 Å². The van der Waals surface area contributed by atoms with Crippen molar-refractivity contribution in [2.24, 2.45) is 0 Å². The molecular formula is C16H22N2O3. The van der Waals surface area contributed by atoms with Gasteiger partial charge in [0.1, 0.15) is 5.76 Å². The number of rotatable bonds is 2. The van der Waals surface area contributed by atoms with Gasteiger partial charge in [0.2, 0.25) is 0 Å². The molecule has 1 amide bonds. The molecule has 1 fully saturated rings. The molecule has 21 heavy (non-hydrogen) atoms. The largest absolute Gasteiger partial charge is 0.455 e. The summed E-state index contributed by atoms with van der Waals surface area (Å²) < 4.78 is 5.75. The van der Waals surface area contributed by atoms with Crippen LogP contribution in [0.4, 0.5) is 0 Å². The van der Waals surface area contributed by atoms with E-state index in [1.807, 2.05) is 14.0 Å². The zero-order valence-electron chi connectivity index (χ0n) is 12.7. The topological polar surface area (TPSA) is 62.6 Å². The maximum Gasteiger partial charge on any atom is 0.289 e. The van der Waals surface area contributed by atoms with Crippen LogP contribution in [0.15, 0.2) is 4.42 Å². The van der Waals surface area contributed by atoms with Crippen LogP contribution in [-0.4, -0.2) is 42.8 Å². The first-order valence-corrected chi connectivity index (χ1v) is 7.73. The molecular weight excluding hydrogens is 268 g/mol. The molecule has 2 aliphatic rings. The van der Waals surface area contributed by atoms with Crippen LogP contribution < -0.4 is 5.32 Å². The number of carbonyl (C=O) groups excluding carboxylic acids is 2. The summed E-state index contributed by atoms with van der Waals surface area (Å²) in [5, 5.41) is 3.30. The second-order valence-electron chi connectivity index (χ2n) is 6.03. The van der Waals surface area contributed by atoms with Crippen LogP contribution in [0, 0.1) is 6.92 Å². The summed E-state index contributed by atoms with van der Waals surface area (Å²) in [6, 6.07) is 0.246. The van der Waals surface area contributed by atoms with Crippen molar-refractivity contribution in [1.29, 1.82) is 0 Å². The fraction of sp³-hybridized carbons (Fsp3) is 0.625. The maximum absolute atomic E-state index is 12.7. The number of furan rings is 1. The first-order chi connectivity index (χ1) is 10.1. The normalized spacial score (nSPS) is 19.4. The second kappa shape index (κ2) is 5.64. The van der Waals surface area contributed by atoms with Crippen molar-refractivity contribution < 1.29 is 14.0 Å². The fourth-order valence-corrected chi connectivity index (χ4v) is 3.37. The number of hydrogen-bond donors (Lipinski definition) is 1. The average Bonchev–Trinajstić information content (AvgIpc) is 2.85. The molecule has 0 atom stereocenters. The monoisotopic (exact) mass is 290 g/mol. The summed E-state index contributed by atoms with van der Waals surface area (Å²) in [7, 11) is 1.83. The molecule has 0 radical (unpaired) electrons. The zero-order valence-corrected chi connectivity index (χ0v) is 12.7. The number of nitrogens with one attached hydrogen (secondary N) is 1. The van der Waals surface area contributed by atoms with Crippen molar-refractivity contribution in [3.8, 4) is 0 Å². The van der Waals surface area contributed by atoms with E-state index in [-0.39, 0.29) is 17.7 Å². The van der Waals surface area contributed by atoms with Crippen molar-refractivity contribution in [3.05, 3.63) is 22.6 Å². The standard InChI is InChI=1S/C16H22N2O3/c1-10-14-12(19)4-3-5-13(14)21-15(10)16(20)18(2)11-6-8-17-9-7-11/h11,17H,3-9H2,1-2H3. The first-order valence-electron chi connectivity index (χ1n) is 7.73. The minimum absolute atomic E-state index is 0.0957. The van der Waals surface area contributed by atoms with E-state index in [9.17, 15) is 9.59 Å². The molecule has 1 aromatic heterocycles. The summed E-state index contributed by atoms with van der Waals surface area (Å²) in [4.78, 5) is 26.5. The Morgan fingerprint density at radius 3 is 2.67 bits per heavy atom. The number of hydrogen-bond acceptors (Lipinski definition) is 4. The Kier molecular flexibility index (Phi) is 3.85. The van der Waals surface area contributed by atoms with E-state index in [0.29, 0.717) is 23.5 Å². The van der Waals surface area contributed by atoms with Gasteiger partial charge in [-0.1, -0.05) is 0 Å². The lowest BCUT2D eigenvalue weighted by molar-refractivity contribution is 0.0667. The molecule has 2 heterocycles. The van der Waals surface area contributed by atoms with Gasteiger partial charge in [-0.15, -0.1) is 0 Å². The van der Waals surface area contributed by atoms with Crippen LogP contribution in [0.1, 0.15) is 57.9 Å². The SMILES string of the molecule is Cc1c(C(=O)N(C)C2CCNCC2)oc2c1C(=O)CCC2. The molecule has 114 valence electrons. The Morgan fingerprint density at radius 2 is 2.00 bits per heavy atom. The highest BCUT2D eigenvalue weighted by molar-refractivity contribution is 6.03. The molecule has 1 aliphatic carbocycles. The number of Topliss-reactive ketones (excluding diaryl/α,β-unsaturated/α-hetero) is 1. The first kappa shape index (κ1) is 14.3. The number of ketones is 1. The molecule has 5 heteroatoms. The third-order valence-electron chi connectivity index (χ3n) is 4.68. The van der Waals surface area contributed by atoms with Crippen LogP contribution in [0.5, 0.6) is 0 Å². The van der Waals surface area contributed by atoms with Gasteiger partial charge >= 0.3 is 0 Å². The molecule has 1 aromatic rings. The summed E-state index contributed by atoms with van der Waals surface area (Å²) in [6.07, 6.45) is 4.05. The lowest BCUT2D eigenvalue weighted by Crippen LogP contribution is -2.44. The quantitative estimate of drug-likeness (QED) is 0.904. The number of nitrogens with zero attached hydrogens (tertiary/aromatic N) is 1. The van der Waals surface area contributed by atoms with Gasteiger partial charge in [-0.05, 0) is 39.3 Å². The van der Waals surface area contributed by atoms with Gasteiger partial charge in [-0.2, -0.15) is 0 Å². The Labute approximate surface area is 124 Å². The molecule has 0 aromatic carbocycles. The summed E-state index contributed by atoms with van der Waals surface area (Å²) in [5.41, 5.74) is 1.38. The van der Waals surface area contributed by atoms with Crippen LogP contribution >= 0.6 is 0 Å². The van der Waals surface area contributed by atoms with E-state index < -0.39 is 0 Å². The molecule has 0 bridgehead atoms. The summed E-state index contributed by atoms with van der Waals surface area (Å²) >= 11 is 0. The molecule has 5 nitrogen and oxygen atoms in total. The van der Waals surface area contributed by atoms with Gasteiger partial charge in [0.05, 0.1) is 5.56 Å². The lowest BCUT2D eigenvalue weighted by Gasteiger charge is -2.31. The van der Waals surface area contributed by atoms with Crippen LogP contribution in [0.2, 0.25) is 0 Å². The number of aryl methyl sites for hydroxylation is 1. The molecule has 1 aliphatic heterocycles. The van der Waals surface area contributed by atoms with Gasteiger partial charge in [-0.25, -0.2) is 0 Å². The summed E-state index contributed by atoms with van der Waals surface area (Å²) in [6.45, 7) is 3.71. The zero-order chi connectivity index (χ0) is 15.0. The average molecular weight is 290 g/mol. The number of fused-ring (bicyclic) bond motifs is 1. The minimum Gasteiger partial charge on any atom is -0.455 e. The Morgan fingerprint density at radius 1 is 1.29 bits per heavy atom. The number of amides is 1. The van der Waals surface area contributed by atoms with Crippen LogP contribution in [0.25, 0.3) is 0 Å². The van der Waals surface area contributed by atoms with Crippen LogP contribution in [0.3, 0.4) is 0 Å². The van der Waals surface area contributed by atoms with E-state index in [0.717, 1.165) is 44.3 Å². The highest BCUT2D eigenvalue weighted by Crippen LogP contribution is 2.30. The molecule has 1 saturated heterocycles. The number of carbonyl (C=O) groups is 2. The Bertz CT molecular complexity index is 570. The van der Waals surface area contributed by atoms with Crippen molar-refractivity contribution in [3.63, 3.8) is 0 Å². The predicted molar refractivity (Wildman–Crippen MR) is 78.7 cm³/mol. The lowest BCUT2D eigenvalue weighted by atomic mass is 9.94. The van der Waals surface area contributed by atoms with E-state index in [4.69, 9.17) is 4.42 Å². The predicted octanol–water partition coefficient (Wildman–Crippen LogP) is 1.93. The van der Waals surface area contributed by atoms with Crippen molar-refractivity contribution >= 4 is 11.7 Å². The van der Waals surface area contributed by atoms with Crippen molar-refractivity contribution in [1.82, 2.24) is 10.2 Å². The Balaban J connectivity index is 1.86. The maximum atomic E-state index is 12.7. The van der Waals surface area contributed by atoms with Crippen molar-refractivity contribution in [2.45, 2.75) is 45.1 Å². The highest BCUT2D eigenvalue weighted by Gasteiger charge is 2.32. The smallest absolute Gasteiger partial charge is 0.289 e. The Hall–Kier alpha value is -1.62. The second-order valence-corrected chi connectivity index (χ2v) is 6.03. The minimum atomic E-state index is -0.0957. The third-order valence-corrected chi connectivity index (χ3v) is 4.68. The van der Waals surface area contributed by atoms with E-state index in [2.05, 4.69) is 5.32 Å². The van der Waals surface area contributed by atoms with Gasteiger partial charge < -0.3 is 14.6 Å². The van der Waals surface area contributed by atoms with Gasteiger partial charge in [0.15, 0.2) is 11.5 Å². The van der Waals surface area contributed by atoms with E-state index in [1.165, 1.54) is 0 Å². The van der Waals surface area contributed by atoms with Gasteiger partial charge in [-0.3, -0.25) is 9.59 Å². The summed E-state index contributed by atoms with van der Waals surface area (Å²) in [5.74, 6) is 1.07. The third kappa shape index (κ3) is 2.50. The molecule has 1 N–H and O–H groups in total. The van der Waals surface area contributed by atoms with Crippen molar-refractivity contribution in [2.75, 3.05) is 20.1 Å². The van der Waals surface area contributed by atoms with E-state index in [1.54, 1.807) is 4.90 Å². The fourth-order valence-electron chi connectivity index (χ4n) is 3.37. The van der Waals surface area contributed by atoms with Gasteiger partial charge in [0.25, 0.3) is 5.91 Å². The van der Waals surface area contributed by atoms with E-state index >= 15 is 0 Å². The van der Waals surface area contributed by atoms with Gasteiger partial charge in [0, 0.05) is 31.5 Å². The molecule has 0 saturated carbocycles. The highest BCUT2D eigenvalue weighted by atomic mass is 16.4. The molecule has 3 rings (SSSR count). The molecule has 0 unspecified atom stereocenters.